The molecule has 3 N–H and O–H groups in total. The summed E-state index contributed by atoms with van der Waals surface area (Å²) in [6, 6.07) is 19.0. The number of anilines is 1. The van der Waals surface area contributed by atoms with Gasteiger partial charge in [0.2, 0.25) is 5.82 Å². The lowest BCUT2D eigenvalue weighted by molar-refractivity contribution is -0.137. The molecule has 0 amide bonds. The van der Waals surface area contributed by atoms with Crippen molar-refractivity contribution in [2.24, 2.45) is 0 Å². The second-order valence-corrected chi connectivity index (χ2v) is 7.79. The molecule has 0 bridgehead atoms. The second-order valence-electron chi connectivity index (χ2n) is 6.98. The van der Waals surface area contributed by atoms with Crippen LogP contribution in [0.15, 0.2) is 66.7 Å². The molecule has 6 nitrogen and oxygen atoms in total. The molecule has 33 heavy (non-hydrogen) atoms. The largest absolute Gasteiger partial charge is 0.417 e. The quantitative estimate of drug-likeness (QED) is 0.313. The van der Waals surface area contributed by atoms with E-state index in [1.807, 2.05) is 48.5 Å². The molecule has 0 aliphatic rings. The highest BCUT2D eigenvalue weighted by Crippen LogP contribution is 2.36. The van der Waals surface area contributed by atoms with Crippen LogP contribution in [-0.2, 0) is 12.7 Å². The fraction of sp³-hybridized carbons (Fsp3) is 0.0909. The van der Waals surface area contributed by atoms with Crippen molar-refractivity contribution in [2.45, 2.75) is 12.7 Å². The van der Waals surface area contributed by atoms with Gasteiger partial charge in [0.15, 0.2) is 5.11 Å². The predicted octanol–water partition coefficient (Wildman–Crippen LogP) is 5.69. The van der Waals surface area contributed by atoms with Crippen LogP contribution < -0.4 is 10.6 Å². The molecule has 0 aliphatic heterocycles. The third-order valence-corrected chi connectivity index (χ3v) is 5.34. The van der Waals surface area contributed by atoms with Gasteiger partial charge in [0.05, 0.1) is 10.6 Å². The van der Waals surface area contributed by atoms with Crippen LogP contribution in [-0.4, -0.2) is 25.7 Å². The van der Waals surface area contributed by atoms with Gasteiger partial charge in [-0.3, -0.25) is 0 Å². The van der Waals surface area contributed by atoms with Crippen LogP contribution in [0.1, 0.15) is 11.1 Å². The van der Waals surface area contributed by atoms with E-state index in [-0.39, 0.29) is 15.8 Å². The third kappa shape index (κ3) is 5.47. The summed E-state index contributed by atoms with van der Waals surface area (Å²) in [5, 5.41) is 19.7. The van der Waals surface area contributed by atoms with Gasteiger partial charge in [-0.1, -0.05) is 60.1 Å². The van der Waals surface area contributed by atoms with Gasteiger partial charge in [0, 0.05) is 17.8 Å². The maximum absolute atomic E-state index is 13.0. The molecule has 0 spiro atoms. The molecule has 0 unspecified atom stereocenters. The van der Waals surface area contributed by atoms with Gasteiger partial charge >= 0.3 is 6.18 Å². The molecule has 4 aromatic rings. The fourth-order valence-electron chi connectivity index (χ4n) is 3.19. The summed E-state index contributed by atoms with van der Waals surface area (Å²) in [7, 11) is 0. The van der Waals surface area contributed by atoms with E-state index in [2.05, 4.69) is 31.3 Å². The molecule has 0 saturated heterocycles. The van der Waals surface area contributed by atoms with E-state index in [1.165, 1.54) is 12.1 Å². The summed E-state index contributed by atoms with van der Waals surface area (Å²) in [5.41, 5.74) is 2.99. The first kappa shape index (κ1) is 22.7. The lowest BCUT2D eigenvalue weighted by Crippen LogP contribution is -2.28. The monoisotopic (exact) mass is 488 g/mol. The van der Waals surface area contributed by atoms with Crippen LogP contribution >= 0.6 is 23.8 Å². The first-order valence-corrected chi connectivity index (χ1v) is 10.4. The highest BCUT2D eigenvalue weighted by molar-refractivity contribution is 7.80. The number of hydrogen-bond acceptors (Lipinski definition) is 4. The average molecular weight is 489 g/mol. The van der Waals surface area contributed by atoms with Crippen LogP contribution in [0, 0.1) is 0 Å². The number of H-pyrrole nitrogens is 1. The van der Waals surface area contributed by atoms with Gasteiger partial charge in [0.25, 0.3) is 0 Å². The summed E-state index contributed by atoms with van der Waals surface area (Å²) < 4.78 is 39.1. The third-order valence-electron chi connectivity index (χ3n) is 4.76. The molecule has 0 aliphatic carbocycles. The van der Waals surface area contributed by atoms with Gasteiger partial charge in [-0.2, -0.15) is 18.4 Å². The standard InChI is InChI=1S/C22H16ClF3N6S/c23-19-10-9-15(11-18(19)22(24,25)26)28-21(33)27-12-13-5-7-14(8-6-13)16-3-1-2-4-17(16)20-29-31-32-30-20/h1-11H,12H2,(H2,27,28,33)(H,29,30,31,32). The van der Waals surface area contributed by atoms with E-state index in [9.17, 15) is 13.2 Å². The molecule has 168 valence electrons. The van der Waals surface area contributed by atoms with Crippen LogP contribution in [0.5, 0.6) is 0 Å². The molecule has 0 fully saturated rings. The van der Waals surface area contributed by atoms with Crippen LogP contribution in [0.3, 0.4) is 0 Å². The van der Waals surface area contributed by atoms with Crippen LogP contribution in [0.2, 0.25) is 5.02 Å². The van der Waals surface area contributed by atoms with E-state index in [0.29, 0.717) is 12.4 Å². The Hall–Kier alpha value is -3.50. The Morgan fingerprint density at radius 3 is 2.39 bits per heavy atom. The first-order chi connectivity index (χ1) is 15.8. The van der Waals surface area contributed by atoms with Crippen molar-refractivity contribution in [1.82, 2.24) is 25.9 Å². The van der Waals surface area contributed by atoms with E-state index in [1.54, 1.807) is 0 Å². The zero-order valence-electron chi connectivity index (χ0n) is 16.8. The number of thiocarbonyl (C=S) groups is 1. The lowest BCUT2D eigenvalue weighted by Gasteiger charge is -2.14. The van der Waals surface area contributed by atoms with E-state index >= 15 is 0 Å². The summed E-state index contributed by atoms with van der Waals surface area (Å²) in [6.45, 7) is 0.387. The highest BCUT2D eigenvalue weighted by atomic mass is 35.5. The van der Waals surface area contributed by atoms with Gasteiger partial charge in [-0.25, -0.2) is 0 Å². The highest BCUT2D eigenvalue weighted by Gasteiger charge is 2.33. The maximum Gasteiger partial charge on any atom is 0.417 e. The van der Waals surface area contributed by atoms with Gasteiger partial charge < -0.3 is 10.6 Å². The molecule has 1 heterocycles. The molecular formula is C22H16ClF3N6S. The molecule has 11 heteroatoms. The molecule has 0 atom stereocenters. The summed E-state index contributed by atoms with van der Waals surface area (Å²) >= 11 is 10.9. The van der Waals surface area contributed by atoms with E-state index in [0.717, 1.165) is 28.3 Å². The number of rotatable bonds is 5. The molecule has 4 rings (SSSR count). The van der Waals surface area contributed by atoms with Crippen molar-refractivity contribution >= 4 is 34.6 Å². The zero-order chi connectivity index (χ0) is 23.4. The van der Waals surface area contributed by atoms with Crippen molar-refractivity contribution in [3.05, 3.63) is 82.9 Å². The maximum atomic E-state index is 13.0. The van der Waals surface area contributed by atoms with E-state index in [4.69, 9.17) is 23.8 Å². The minimum Gasteiger partial charge on any atom is -0.358 e. The SMILES string of the molecule is FC(F)(F)c1cc(NC(=S)NCc2ccc(-c3ccccc3-c3nn[nH]n3)cc2)ccc1Cl. The number of aromatic amines is 1. The van der Waals surface area contributed by atoms with Crippen molar-refractivity contribution in [3.8, 4) is 22.5 Å². The van der Waals surface area contributed by atoms with Crippen molar-refractivity contribution < 1.29 is 13.2 Å². The van der Waals surface area contributed by atoms with Gasteiger partial charge in [-0.15, -0.1) is 10.2 Å². The zero-order valence-corrected chi connectivity index (χ0v) is 18.4. The Balaban J connectivity index is 1.41. The Labute approximate surface area is 197 Å². The number of hydrogen-bond donors (Lipinski definition) is 3. The Morgan fingerprint density at radius 2 is 1.73 bits per heavy atom. The predicted molar refractivity (Wildman–Crippen MR) is 125 cm³/mol. The first-order valence-electron chi connectivity index (χ1n) is 9.65. The minimum absolute atomic E-state index is 0.192. The number of nitrogens with one attached hydrogen (secondary N) is 3. The number of halogens is 4. The topological polar surface area (TPSA) is 78.5 Å². The van der Waals surface area contributed by atoms with Gasteiger partial charge in [0.1, 0.15) is 0 Å². The number of tetrazole rings is 1. The summed E-state index contributed by atoms with van der Waals surface area (Å²) in [5.74, 6) is 0.503. The molecule has 1 aromatic heterocycles. The number of alkyl halides is 3. The number of aromatic nitrogens is 4. The number of benzene rings is 3. The molecule has 0 saturated carbocycles. The normalized spacial score (nSPS) is 11.3. The van der Waals surface area contributed by atoms with E-state index < -0.39 is 11.7 Å². The van der Waals surface area contributed by atoms with Crippen molar-refractivity contribution in [2.75, 3.05) is 5.32 Å². The van der Waals surface area contributed by atoms with Crippen LogP contribution in [0.25, 0.3) is 22.5 Å². The Kier molecular flexibility index (Phi) is 6.57. The second kappa shape index (κ2) is 9.55. The smallest absolute Gasteiger partial charge is 0.358 e. The molecule has 0 radical (unpaired) electrons. The van der Waals surface area contributed by atoms with Crippen molar-refractivity contribution in [1.29, 1.82) is 0 Å². The Morgan fingerprint density at radius 1 is 1.00 bits per heavy atom. The fourth-order valence-corrected chi connectivity index (χ4v) is 3.60. The van der Waals surface area contributed by atoms with Crippen molar-refractivity contribution in [3.63, 3.8) is 0 Å². The summed E-state index contributed by atoms with van der Waals surface area (Å²) in [6.07, 6.45) is -4.55. The number of nitrogens with zero attached hydrogens (tertiary/aromatic N) is 3. The average Bonchev–Trinajstić information content (AvgIpc) is 3.33. The molecular weight excluding hydrogens is 473 g/mol. The Bertz CT molecular complexity index is 1260. The summed E-state index contributed by atoms with van der Waals surface area (Å²) in [4.78, 5) is 0. The minimum atomic E-state index is -4.55. The molecule has 3 aromatic carbocycles. The lowest BCUT2D eigenvalue weighted by atomic mass is 9.98. The van der Waals surface area contributed by atoms with Gasteiger partial charge in [-0.05, 0) is 52.3 Å². The van der Waals surface area contributed by atoms with Crippen LogP contribution in [0.4, 0.5) is 18.9 Å².